The quantitative estimate of drug-likeness (QED) is 0.178. The molecule has 10 nitrogen and oxygen atoms in total. The fraction of sp³-hybridized carbons (Fsp3) is 0.538. The van der Waals surface area contributed by atoms with Gasteiger partial charge in [-0.2, -0.15) is 0 Å². The number of rotatable bonds is 9. The molecule has 2 aromatic carbocycles. The summed E-state index contributed by atoms with van der Waals surface area (Å²) in [5.74, 6) is -1.11. The molecule has 1 N–H and O–H groups in total. The van der Waals surface area contributed by atoms with E-state index in [0.717, 1.165) is 27.6 Å². The van der Waals surface area contributed by atoms with Gasteiger partial charge in [0.2, 0.25) is 0 Å². The number of hydrogen-bond donors (Lipinski definition) is 1. The highest BCUT2D eigenvalue weighted by Crippen LogP contribution is 2.43. The Hall–Kier alpha value is -4.34. The fourth-order valence-corrected chi connectivity index (χ4v) is 5.95. The maximum Gasteiger partial charge on any atom is 0.509 e. The summed E-state index contributed by atoms with van der Waals surface area (Å²) >= 11 is 0. The van der Waals surface area contributed by atoms with Gasteiger partial charge >= 0.3 is 18.2 Å². The molecular weight excluding hydrogens is 624 g/mol. The van der Waals surface area contributed by atoms with Gasteiger partial charge in [0.05, 0.1) is 23.2 Å². The third kappa shape index (κ3) is 8.46. The van der Waals surface area contributed by atoms with Crippen LogP contribution in [-0.4, -0.2) is 58.6 Å². The zero-order valence-electron chi connectivity index (χ0n) is 31.1. The molecule has 0 aliphatic heterocycles. The van der Waals surface area contributed by atoms with E-state index in [0.29, 0.717) is 29.6 Å². The molecule has 1 amide bonds. The highest BCUT2D eigenvalue weighted by Gasteiger charge is 2.55. The third-order valence-corrected chi connectivity index (χ3v) is 8.43. The van der Waals surface area contributed by atoms with Gasteiger partial charge in [-0.05, 0) is 117 Å². The van der Waals surface area contributed by atoms with Crippen molar-refractivity contribution in [2.45, 2.75) is 124 Å². The summed E-state index contributed by atoms with van der Waals surface area (Å²) in [7, 11) is 0. The summed E-state index contributed by atoms with van der Waals surface area (Å²) < 4.78 is 23.8. The average molecular weight is 677 g/mol. The normalized spacial score (nSPS) is 14.9. The third-order valence-electron chi connectivity index (χ3n) is 8.43. The minimum absolute atomic E-state index is 0.176. The van der Waals surface area contributed by atoms with Crippen molar-refractivity contribution in [1.82, 2.24) is 9.88 Å². The van der Waals surface area contributed by atoms with Crippen LogP contribution in [0.15, 0.2) is 36.4 Å². The molecule has 1 aromatic heterocycles. The molecule has 10 heteroatoms. The van der Waals surface area contributed by atoms with Crippen LogP contribution in [-0.2, 0) is 34.0 Å². The van der Waals surface area contributed by atoms with Gasteiger partial charge in [-0.25, -0.2) is 14.2 Å². The summed E-state index contributed by atoms with van der Waals surface area (Å²) in [6.07, 6.45) is -0.647. The van der Waals surface area contributed by atoms with Crippen LogP contribution in [0, 0.1) is 13.8 Å². The Balaban J connectivity index is 1.87. The zero-order valence-corrected chi connectivity index (χ0v) is 31.1. The molecule has 1 saturated carbocycles. The molecule has 1 aliphatic rings. The second kappa shape index (κ2) is 13.5. The Morgan fingerprint density at radius 2 is 1.47 bits per heavy atom. The number of nitrogens with zero attached hydrogens (tertiary/aromatic N) is 1. The van der Waals surface area contributed by atoms with Gasteiger partial charge in [0.25, 0.3) is 5.91 Å². The first-order valence-electron chi connectivity index (χ1n) is 17.0. The summed E-state index contributed by atoms with van der Waals surface area (Å²) in [5.41, 5.74) is 1.80. The first-order chi connectivity index (χ1) is 22.6. The van der Waals surface area contributed by atoms with Crippen molar-refractivity contribution in [2.24, 2.45) is 0 Å². The van der Waals surface area contributed by atoms with Gasteiger partial charge in [0.15, 0.2) is 5.60 Å². The van der Waals surface area contributed by atoms with Crippen LogP contribution < -0.4 is 5.32 Å². The molecule has 4 rings (SSSR count). The second-order valence-electron chi connectivity index (χ2n) is 15.7. The number of ether oxygens (including phenoxy) is 4. The molecule has 266 valence electrons. The van der Waals surface area contributed by atoms with E-state index in [9.17, 15) is 19.2 Å². The lowest BCUT2D eigenvalue weighted by atomic mass is 9.83. The molecule has 0 bridgehead atoms. The summed E-state index contributed by atoms with van der Waals surface area (Å²) in [6.45, 7) is 22.4. The van der Waals surface area contributed by atoms with Crippen molar-refractivity contribution < 1.29 is 38.1 Å². The van der Waals surface area contributed by atoms with Crippen molar-refractivity contribution in [3.63, 3.8) is 0 Å². The molecule has 1 heterocycles. The Morgan fingerprint density at radius 1 is 0.878 bits per heavy atom. The second-order valence-corrected chi connectivity index (χ2v) is 15.7. The van der Waals surface area contributed by atoms with E-state index in [1.165, 1.54) is 0 Å². The lowest BCUT2D eigenvalue weighted by molar-refractivity contribution is -0.148. The number of nitrogens with one attached hydrogen (secondary N) is 1. The van der Waals surface area contributed by atoms with E-state index >= 15 is 0 Å². The van der Waals surface area contributed by atoms with Crippen molar-refractivity contribution in [2.75, 3.05) is 13.2 Å². The van der Waals surface area contributed by atoms with Gasteiger partial charge in [0, 0.05) is 30.7 Å². The molecule has 3 aromatic rings. The van der Waals surface area contributed by atoms with Crippen LogP contribution in [0.1, 0.15) is 110 Å². The number of esters is 1. The predicted molar refractivity (Wildman–Crippen MR) is 189 cm³/mol. The Labute approximate surface area is 289 Å². The number of carbonyl (C=O) groups excluding carboxylic acids is 4. The standard InChI is InChI=1S/C39H52N2O8/c1-13-46-33(43)38(11,12)27-14-15-29-28(21-27)30(25(4)22-40-32(42)39(16-17-39)49-35(45)48-37(8,9)10)31(26-19-23(2)18-24(3)20-26)41(29)34(44)47-36(5,6)7/h14-15,18-21,25H,13,16-17,22H2,1-12H3,(H,40,42). The van der Waals surface area contributed by atoms with Crippen molar-refractivity contribution >= 4 is 35.0 Å². The van der Waals surface area contributed by atoms with Crippen molar-refractivity contribution in [3.05, 3.63) is 58.7 Å². The highest BCUT2D eigenvalue weighted by molar-refractivity contribution is 6.01. The average Bonchev–Trinajstić information content (AvgIpc) is 3.65. The van der Waals surface area contributed by atoms with Gasteiger partial charge in [0.1, 0.15) is 11.2 Å². The highest BCUT2D eigenvalue weighted by atomic mass is 16.7. The largest absolute Gasteiger partial charge is 0.509 e. The smallest absolute Gasteiger partial charge is 0.465 e. The van der Waals surface area contributed by atoms with Gasteiger partial charge in [-0.1, -0.05) is 30.2 Å². The summed E-state index contributed by atoms with van der Waals surface area (Å²) in [4.78, 5) is 53.1. The molecule has 0 spiro atoms. The van der Waals surface area contributed by atoms with Gasteiger partial charge in [-0.15, -0.1) is 0 Å². The number of aromatic nitrogens is 1. The van der Waals surface area contributed by atoms with Crippen LogP contribution in [0.2, 0.25) is 0 Å². The molecule has 1 aliphatic carbocycles. The summed E-state index contributed by atoms with van der Waals surface area (Å²) in [5, 5.41) is 3.74. The van der Waals surface area contributed by atoms with E-state index < -0.39 is 40.4 Å². The summed E-state index contributed by atoms with van der Waals surface area (Å²) in [6, 6.07) is 11.7. The van der Waals surface area contributed by atoms with Crippen LogP contribution in [0.5, 0.6) is 0 Å². The molecular formula is C39H52N2O8. The molecule has 1 atom stereocenters. The number of fused-ring (bicyclic) bond motifs is 1. The molecule has 1 unspecified atom stereocenters. The Bertz CT molecular complexity index is 1750. The maximum absolute atomic E-state index is 14.1. The van der Waals surface area contributed by atoms with Crippen LogP contribution >= 0.6 is 0 Å². The topological polar surface area (TPSA) is 122 Å². The van der Waals surface area contributed by atoms with E-state index in [-0.39, 0.29) is 25.0 Å². The van der Waals surface area contributed by atoms with Crippen molar-refractivity contribution in [1.29, 1.82) is 0 Å². The SMILES string of the molecule is CCOC(=O)C(C)(C)c1ccc2c(c1)c(C(C)CNC(=O)C1(OC(=O)OC(C)(C)C)CC1)c(-c1cc(C)cc(C)c1)n2C(=O)OC(C)(C)C. The van der Waals surface area contributed by atoms with E-state index in [4.69, 9.17) is 18.9 Å². The molecule has 1 fully saturated rings. The first kappa shape index (κ1) is 37.5. The Kier molecular flexibility index (Phi) is 10.3. The fourth-order valence-electron chi connectivity index (χ4n) is 5.95. The maximum atomic E-state index is 14.1. The van der Waals surface area contributed by atoms with Crippen LogP contribution in [0.25, 0.3) is 22.2 Å². The van der Waals surface area contributed by atoms with E-state index in [2.05, 4.69) is 11.4 Å². The number of benzene rings is 2. The van der Waals surface area contributed by atoms with Crippen LogP contribution in [0.4, 0.5) is 9.59 Å². The van der Waals surface area contributed by atoms with Crippen molar-refractivity contribution in [3.8, 4) is 11.3 Å². The number of aryl methyl sites for hydroxylation is 2. The zero-order chi connectivity index (χ0) is 36.7. The first-order valence-corrected chi connectivity index (χ1v) is 17.0. The molecule has 0 radical (unpaired) electrons. The predicted octanol–water partition coefficient (Wildman–Crippen LogP) is 8.25. The molecule has 49 heavy (non-hydrogen) atoms. The lowest BCUT2D eigenvalue weighted by Gasteiger charge is -2.24. The number of hydrogen-bond acceptors (Lipinski definition) is 8. The number of carbonyl (C=O) groups is 4. The molecule has 0 saturated heterocycles. The number of amides is 1. The Morgan fingerprint density at radius 3 is 2.00 bits per heavy atom. The van der Waals surface area contributed by atoms with E-state index in [1.54, 1.807) is 32.3 Å². The van der Waals surface area contributed by atoms with E-state index in [1.807, 2.05) is 85.7 Å². The van der Waals surface area contributed by atoms with Gasteiger partial charge in [-0.3, -0.25) is 9.59 Å². The monoisotopic (exact) mass is 676 g/mol. The van der Waals surface area contributed by atoms with Crippen LogP contribution in [0.3, 0.4) is 0 Å². The minimum atomic E-state index is -1.28. The van der Waals surface area contributed by atoms with Gasteiger partial charge < -0.3 is 24.3 Å². The minimum Gasteiger partial charge on any atom is -0.465 e. The lowest BCUT2D eigenvalue weighted by Crippen LogP contribution is -2.42.